The highest BCUT2D eigenvalue weighted by Gasteiger charge is 2.10. The first-order chi connectivity index (χ1) is 11.1. The van der Waals surface area contributed by atoms with Gasteiger partial charge in [0.05, 0.1) is 24.8 Å². The van der Waals surface area contributed by atoms with E-state index in [1.807, 2.05) is 6.92 Å². The van der Waals surface area contributed by atoms with E-state index in [1.54, 1.807) is 55.6 Å². The van der Waals surface area contributed by atoms with Crippen molar-refractivity contribution in [3.05, 3.63) is 59.7 Å². The lowest BCUT2D eigenvalue weighted by Gasteiger charge is -2.06. The van der Waals surface area contributed by atoms with Crippen LogP contribution in [-0.4, -0.2) is 25.7 Å². The lowest BCUT2D eigenvalue weighted by atomic mass is 10.2. The molecule has 2 aromatic carbocycles. The fraction of sp³-hybridized carbons (Fsp3) is 0.222. The third kappa shape index (κ3) is 4.57. The van der Waals surface area contributed by atoms with Crippen LogP contribution in [0.25, 0.3) is 0 Å². The second kappa shape index (κ2) is 7.98. The summed E-state index contributed by atoms with van der Waals surface area (Å²) in [6.45, 7) is 2.31. The van der Waals surface area contributed by atoms with Gasteiger partial charge in [-0.15, -0.1) is 0 Å². The van der Waals surface area contributed by atoms with E-state index in [-0.39, 0.29) is 5.97 Å². The first-order valence-corrected chi connectivity index (χ1v) is 7.27. The van der Waals surface area contributed by atoms with E-state index in [0.717, 1.165) is 6.42 Å². The number of esters is 2. The Morgan fingerprint density at radius 2 is 1.35 bits per heavy atom. The van der Waals surface area contributed by atoms with Crippen LogP contribution >= 0.6 is 0 Å². The fourth-order valence-electron chi connectivity index (χ4n) is 1.83. The van der Waals surface area contributed by atoms with Crippen molar-refractivity contribution < 1.29 is 23.8 Å². The third-order valence-corrected chi connectivity index (χ3v) is 3.06. The van der Waals surface area contributed by atoms with E-state index in [9.17, 15) is 9.59 Å². The van der Waals surface area contributed by atoms with Crippen molar-refractivity contribution in [3.8, 4) is 11.5 Å². The van der Waals surface area contributed by atoms with E-state index in [2.05, 4.69) is 0 Å². The van der Waals surface area contributed by atoms with Gasteiger partial charge in [-0.2, -0.15) is 0 Å². The predicted octanol–water partition coefficient (Wildman–Crippen LogP) is 3.48. The van der Waals surface area contributed by atoms with E-state index >= 15 is 0 Å². The lowest BCUT2D eigenvalue weighted by Crippen LogP contribution is -2.09. The molecular weight excluding hydrogens is 296 g/mol. The van der Waals surface area contributed by atoms with E-state index < -0.39 is 5.97 Å². The van der Waals surface area contributed by atoms with Crippen LogP contribution in [0.2, 0.25) is 0 Å². The first kappa shape index (κ1) is 16.5. The minimum absolute atomic E-state index is 0.359. The Balaban J connectivity index is 1.99. The van der Waals surface area contributed by atoms with Gasteiger partial charge >= 0.3 is 11.9 Å². The number of methoxy groups -OCH3 is 1. The number of rotatable bonds is 6. The molecule has 0 bridgehead atoms. The normalized spacial score (nSPS) is 10.0. The molecule has 0 aliphatic rings. The highest BCUT2D eigenvalue weighted by molar-refractivity contribution is 5.92. The van der Waals surface area contributed by atoms with Gasteiger partial charge in [-0.05, 0) is 55.0 Å². The van der Waals surface area contributed by atoms with E-state index in [4.69, 9.17) is 14.2 Å². The van der Waals surface area contributed by atoms with Gasteiger partial charge in [0.15, 0.2) is 0 Å². The van der Waals surface area contributed by atoms with Crippen LogP contribution in [0.4, 0.5) is 0 Å². The maximum Gasteiger partial charge on any atom is 0.343 e. The second-order valence-electron chi connectivity index (χ2n) is 4.78. The van der Waals surface area contributed by atoms with Crippen molar-refractivity contribution in [3.63, 3.8) is 0 Å². The SMILES string of the molecule is CCCOC(=O)c1ccc(OC(=O)c2ccc(OC)cc2)cc1. The summed E-state index contributed by atoms with van der Waals surface area (Å²) >= 11 is 0. The molecule has 0 aliphatic carbocycles. The summed E-state index contributed by atoms with van der Waals surface area (Å²) in [5, 5.41) is 0. The maximum absolute atomic E-state index is 12.0. The molecule has 0 radical (unpaired) electrons. The Morgan fingerprint density at radius 3 is 1.87 bits per heavy atom. The Kier molecular flexibility index (Phi) is 5.74. The number of carbonyl (C=O) groups excluding carboxylic acids is 2. The van der Waals surface area contributed by atoms with Crippen molar-refractivity contribution in [1.82, 2.24) is 0 Å². The average molecular weight is 314 g/mol. The van der Waals surface area contributed by atoms with Crippen molar-refractivity contribution in [2.45, 2.75) is 13.3 Å². The highest BCUT2D eigenvalue weighted by Crippen LogP contribution is 2.17. The largest absolute Gasteiger partial charge is 0.497 e. The fourth-order valence-corrected chi connectivity index (χ4v) is 1.83. The summed E-state index contributed by atoms with van der Waals surface area (Å²) in [7, 11) is 1.56. The van der Waals surface area contributed by atoms with Crippen LogP contribution in [0.1, 0.15) is 34.1 Å². The Morgan fingerprint density at radius 1 is 0.826 bits per heavy atom. The zero-order valence-electron chi connectivity index (χ0n) is 13.1. The Bertz CT molecular complexity index is 659. The Hall–Kier alpha value is -2.82. The molecule has 0 fully saturated rings. The van der Waals surface area contributed by atoms with Gasteiger partial charge < -0.3 is 14.2 Å². The van der Waals surface area contributed by atoms with Crippen LogP contribution in [0.5, 0.6) is 11.5 Å². The number of benzene rings is 2. The summed E-state index contributed by atoms with van der Waals surface area (Å²) in [5.41, 5.74) is 0.833. The topological polar surface area (TPSA) is 61.8 Å². The minimum Gasteiger partial charge on any atom is -0.497 e. The molecule has 5 nitrogen and oxygen atoms in total. The molecule has 0 spiro atoms. The van der Waals surface area contributed by atoms with Crippen LogP contribution in [0.3, 0.4) is 0 Å². The van der Waals surface area contributed by atoms with Crippen LogP contribution in [0, 0.1) is 0 Å². The molecule has 0 saturated carbocycles. The molecule has 0 amide bonds. The monoisotopic (exact) mass is 314 g/mol. The third-order valence-electron chi connectivity index (χ3n) is 3.06. The van der Waals surface area contributed by atoms with Gasteiger partial charge in [0.2, 0.25) is 0 Å². The summed E-state index contributed by atoms with van der Waals surface area (Å²) in [4.78, 5) is 23.7. The molecule has 0 N–H and O–H groups in total. The van der Waals surface area contributed by atoms with Crippen molar-refractivity contribution in [2.24, 2.45) is 0 Å². The molecule has 0 aromatic heterocycles. The van der Waals surface area contributed by atoms with Crippen LogP contribution in [-0.2, 0) is 4.74 Å². The number of ether oxygens (including phenoxy) is 3. The van der Waals surface area contributed by atoms with Gasteiger partial charge in [-0.1, -0.05) is 6.92 Å². The smallest absolute Gasteiger partial charge is 0.343 e. The molecule has 0 saturated heterocycles. The van der Waals surface area contributed by atoms with Gasteiger partial charge in [0.25, 0.3) is 0 Å². The summed E-state index contributed by atoms with van der Waals surface area (Å²) in [6.07, 6.45) is 0.767. The second-order valence-corrected chi connectivity index (χ2v) is 4.78. The quantitative estimate of drug-likeness (QED) is 0.603. The van der Waals surface area contributed by atoms with Crippen molar-refractivity contribution >= 4 is 11.9 Å². The average Bonchev–Trinajstić information content (AvgIpc) is 2.60. The van der Waals surface area contributed by atoms with E-state index in [0.29, 0.717) is 29.2 Å². The van der Waals surface area contributed by atoms with Gasteiger partial charge in [-0.3, -0.25) is 0 Å². The summed E-state index contributed by atoms with van der Waals surface area (Å²) < 4.78 is 15.3. The molecule has 0 unspecified atom stereocenters. The molecule has 0 aliphatic heterocycles. The van der Waals surface area contributed by atoms with Gasteiger partial charge in [0.1, 0.15) is 11.5 Å². The molecular formula is C18H18O5. The minimum atomic E-state index is -0.478. The standard InChI is InChI=1S/C18H18O5/c1-3-12-22-17(19)13-6-10-16(11-7-13)23-18(20)14-4-8-15(21-2)9-5-14/h4-11H,3,12H2,1-2H3. The molecule has 2 rings (SSSR count). The number of carbonyl (C=O) groups is 2. The number of hydrogen-bond acceptors (Lipinski definition) is 5. The zero-order valence-corrected chi connectivity index (χ0v) is 13.1. The van der Waals surface area contributed by atoms with Crippen LogP contribution in [0.15, 0.2) is 48.5 Å². The maximum atomic E-state index is 12.0. The molecule has 2 aromatic rings. The number of hydrogen-bond donors (Lipinski definition) is 0. The zero-order chi connectivity index (χ0) is 16.7. The molecule has 5 heteroatoms. The van der Waals surface area contributed by atoms with Crippen LogP contribution < -0.4 is 9.47 Å². The molecule has 0 atom stereocenters. The molecule has 23 heavy (non-hydrogen) atoms. The predicted molar refractivity (Wildman–Crippen MR) is 85.0 cm³/mol. The van der Waals surface area contributed by atoms with Gasteiger partial charge in [-0.25, -0.2) is 9.59 Å². The van der Waals surface area contributed by atoms with Crippen molar-refractivity contribution in [1.29, 1.82) is 0 Å². The summed E-state index contributed by atoms with van der Waals surface area (Å²) in [5.74, 6) is 0.156. The lowest BCUT2D eigenvalue weighted by molar-refractivity contribution is 0.0505. The van der Waals surface area contributed by atoms with E-state index in [1.165, 1.54) is 0 Å². The summed E-state index contributed by atoms with van der Waals surface area (Å²) in [6, 6.07) is 12.9. The molecule has 120 valence electrons. The van der Waals surface area contributed by atoms with Crippen molar-refractivity contribution in [2.75, 3.05) is 13.7 Å². The first-order valence-electron chi connectivity index (χ1n) is 7.27. The Labute approximate surface area is 134 Å². The highest BCUT2D eigenvalue weighted by atomic mass is 16.5. The molecule has 0 heterocycles. The van der Waals surface area contributed by atoms with Gasteiger partial charge in [0, 0.05) is 0 Å².